The maximum atomic E-state index is 11.9. The smallest absolute Gasteiger partial charge is 0.325 e. The van der Waals surface area contributed by atoms with Crippen LogP contribution < -0.4 is 0 Å². The number of hydrogen-bond acceptors (Lipinski definition) is 31. The summed E-state index contributed by atoms with van der Waals surface area (Å²) in [5.41, 5.74) is 0. The molecule has 0 spiro atoms. The van der Waals surface area contributed by atoms with Crippen LogP contribution in [0.4, 0.5) is 0 Å². The Morgan fingerprint density at radius 1 is 0.303 bits per heavy atom. The van der Waals surface area contributed by atoms with Crippen molar-refractivity contribution in [3.8, 4) is 0 Å². The second kappa shape index (κ2) is 27.4. The zero-order valence-corrected chi connectivity index (χ0v) is 41.4. The van der Waals surface area contributed by atoms with Crippen molar-refractivity contribution >= 4 is 7.60 Å². The van der Waals surface area contributed by atoms with Gasteiger partial charge in [0.15, 0.2) is 37.7 Å². The third-order valence-corrected chi connectivity index (χ3v) is 15.2. The summed E-state index contributed by atoms with van der Waals surface area (Å²) in [7, 11) is -4.27. The molecule has 22 aliphatic rings. The highest BCUT2D eigenvalue weighted by Crippen LogP contribution is 2.39. The molecule has 444 valence electrons. The second-order valence-corrected chi connectivity index (χ2v) is 21.3. The molecule has 22 fully saturated rings. The van der Waals surface area contributed by atoms with Crippen molar-refractivity contribution in [1.29, 1.82) is 0 Å². The van der Waals surface area contributed by atoms with Crippen molar-refractivity contribution in [1.82, 2.24) is 0 Å². The molecular formula is C42H73O33P. The fraction of sp³-hybridized carbons (Fsp3) is 1.00. The molecule has 0 aliphatic carbocycles. The molecule has 0 aromatic rings. The maximum Gasteiger partial charge on any atom is 0.325 e. The number of aliphatic hydroxyl groups is 17. The lowest BCUT2D eigenvalue weighted by atomic mass is 9.94. The lowest BCUT2D eigenvalue weighted by Crippen LogP contribution is -2.69. The highest BCUT2D eigenvalue weighted by molar-refractivity contribution is 7.51. The highest BCUT2D eigenvalue weighted by atomic mass is 31.2. The third-order valence-electron chi connectivity index (χ3n) is 14.3. The van der Waals surface area contributed by atoms with E-state index in [1.165, 1.54) is 0 Å². The van der Waals surface area contributed by atoms with Crippen LogP contribution in [0.15, 0.2) is 0 Å². The van der Waals surface area contributed by atoms with E-state index in [1.807, 2.05) is 0 Å². The fourth-order valence-corrected chi connectivity index (χ4v) is 10.7. The van der Waals surface area contributed by atoms with Gasteiger partial charge in [-0.05, 0) is 12.8 Å². The van der Waals surface area contributed by atoms with Gasteiger partial charge in [-0.25, -0.2) is 0 Å². The van der Waals surface area contributed by atoms with Crippen LogP contribution in [0.25, 0.3) is 0 Å². The first-order valence-corrected chi connectivity index (χ1v) is 26.6. The molecule has 30 atom stereocenters. The van der Waals surface area contributed by atoms with Gasteiger partial charge in [-0.3, -0.25) is 4.57 Å². The van der Waals surface area contributed by atoms with E-state index in [0.29, 0.717) is 12.8 Å². The standard InChI is InChI=1S/C42H73O33P/c43-7-13-30-19(49)24(54)37(64-13)71-31-14(8-44)66-39(26(56)21(31)51)73-33-16(10-46)68-41(28(58)23(33)53)75-35-18(12-48)69-42(29(59)36(35)63-5-3-1-2-4-6-76(60,61)62)74-34-17(11-47)67-40(27(57)22(34)52)72-32-15(9-45)65-38(70-30)25(55)20(32)50/h13-59H,1-12H2,(H2,60,61,62)/t13-,14-,15-,16-,17-,18-,19-,20-,21-,22-,23-,24-,25-,26-,27-,28-,29-,30-,31-,32-,33-,34-,35+,36-,37-,38-,39-,40-,41-,42-/m1/s1. The van der Waals surface area contributed by atoms with Gasteiger partial charge >= 0.3 is 7.60 Å². The van der Waals surface area contributed by atoms with Gasteiger partial charge in [-0.1, -0.05) is 12.8 Å². The van der Waals surface area contributed by atoms with Crippen molar-refractivity contribution in [3.63, 3.8) is 0 Å². The van der Waals surface area contributed by atoms with Crippen LogP contribution >= 0.6 is 7.60 Å². The summed E-state index contributed by atoms with van der Waals surface area (Å²) in [4.78, 5) is 18.5. The maximum absolute atomic E-state index is 11.9. The average Bonchev–Trinajstić information content (AvgIpc) is 3.41. The van der Waals surface area contributed by atoms with E-state index in [1.54, 1.807) is 0 Å². The molecule has 0 unspecified atom stereocenters. The Kier molecular flexibility index (Phi) is 22.5. The molecule has 12 bridgehead atoms. The summed E-state index contributed by atoms with van der Waals surface area (Å²) in [5.74, 6) is 0. The van der Waals surface area contributed by atoms with Gasteiger partial charge in [0.05, 0.1) is 39.6 Å². The predicted octanol–water partition coefficient (Wildman–Crippen LogP) is -11.3. The van der Waals surface area contributed by atoms with Crippen molar-refractivity contribution in [2.45, 2.75) is 210 Å². The first-order chi connectivity index (χ1) is 36.1. The molecule has 19 N–H and O–H groups in total. The molecular weight excluding hydrogens is 1060 g/mol. The van der Waals surface area contributed by atoms with Gasteiger partial charge < -0.3 is 158 Å². The van der Waals surface area contributed by atoms with E-state index in [0.717, 1.165) is 0 Å². The minimum Gasteiger partial charge on any atom is -0.394 e. The summed E-state index contributed by atoms with van der Waals surface area (Å²) < 4.78 is 86.8. The summed E-state index contributed by atoms with van der Waals surface area (Å²) in [6, 6.07) is 0. The molecule has 0 amide bonds. The van der Waals surface area contributed by atoms with Crippen LogP contribution in [-0.2, 0) is 66.1 Å². The van der Waals surface area contributed by atoms with E-state index in [-0.39, 0.29) is 25.6 Å². The van der Waals surface area contributed by atoms with E-state index in [9.17, 15) is 101 Å². The molecule has 0 radical (unpaired) electrons. The van der Waals surface area contributed by atoms with Crippen molar-refractivity contribution in [3.05, 3.63) is 0 Å². The van der Waals surface area contributed by atoms with Gasteiger partial charge in [-0.2, -0.15) is 0 Å². The molecule has 22 saturated heterocycles. The van der Waals surface area contributed by atoms with Crippen LogP contribution in [0.2, 0.25) is 0 Å². The molecule has 34 heteroatoms. The molecule has 76 heavy (non-hydrogen) atoms. The normalized spacial score (nSPS) is 49.9. The molecule has 22 aliphatic heterocycles. The molecule has 0 aromatic carbocycles. The zero-order chi connectivity index (χ0) is 55.5. The Labute approximate surface area is 432 Å². The molecule has 22 rings (SSSR count). The molecule has 22 heterocycles. The zero-order valence-electron chi connectivity index (χ0n) is 40.5. The average molecular weight is 1140 g/mol. The monoisotopic (exact) mass is 1140 g/mol. The second-order valence-electron chi connectivity index (χ2n) is 19.5. The Hall–Kier alpha value is -1.05. The van der Waals surface area contributed by atoms with Gasteiger partial charge in [0.1, 0.15) is 146 Å². The van der Waals surface area contributed by atoms with Crippen LogP contribution in [-0.4, -0.2) is 333 Å². The van der Waals surface area contributed by atoms with Crippen molar-refractivity contribution < 1.29 is 163 Å². The van der Waals surface area contributed by atoms with Gasteiger partial charge in [0.25, 0.3) is 0 Å². The fourth-order valence-electron chi connectivity index (χ4n) is 10.1. The minimum absolute atomic E-state index is 0.154. The number of ether oxygens (including phenoxy) is 13. The Bertz CT molecular complexity index is 1800. The Morgan fingerprint density at radius 3 is 0.803 bits per heavy atom. The van der Waals surface area contributed by atoms with Crippen molar-refractivity contribution in [2.75, 3.05) is 52.4 Å². The first-order valence-electron chi connectivity index (χ1n) is 24.8. The van der Waals surface area contributed by atoms with Crippen LogP contribution in [0.3, 0.4) is 0 Å². The topological polar surface area (TPSA) is 521 Å². The number of hydrogen-bond donors (Lipinski definition) is 19. The number of unbranched alkanes of at least 4 members (excludes halogenated alkanes) is 3. The van der Waals surface area contributed by atoms with Gasteiger partial charge in [0.2, 0.25) is 0 Å². The van der Waals surface area contributed by atoms with E-state index in [4.69, 9.17) is 61.6 Å². The number of aliphatic hydroxyl groups excluding tert-OH is 17. The summed E-state index contributed by atoms with van der Waals surface area (Å²) >= 11 is 0. The predicted molar refractivity (Wildman–Crippen MR) is 235 cm³/mol. The van der Waals surface area contributed by atoms with Gasteiger partial charge in [0, 0.05) is 12.8 Å². The summed E-state index contributed by atoms with van der Waals surface area (Å²) in [5, 5.41) is 188. The summed E-state index contributed by atoms with van der Waals surface area (Å²) in [6.45, 7) is -6.27. The Balaban J connectivity index is 1.20. The molecule has 33 nitrogen and oxygen atoms in total. The quantitative estimate of drug-likeness (QED) is 0.0567. The van der Waals surface area contributed by atoms with E-state index in [2.05, 4.69) is 0 Å². The lowest BCUT2D eigenvalue weighted by molar-refractivity contribution is -0.404. The van der Waals surface area contributed by atoms with Gasteiger partial charge in [-0.15, -0.1) is 0 Å². The highest BCUT2D eigenvalue weighted by Gasteiger charge is 2.59. The van der Waals surface area contributed by atoms with Crippen LogP contribution in [0.5, 0.6) is 0 Å². The van der Waals surface area contributed by atoms with Crippen LogP contribution in [0.1, 0.15) is 25.7 Å². The van der Waals surface area contributed by atoms with Crippen molar-refractivity contribution in [2.24, 2.45) is 0 Å². The van der Waals surface area contributed by atoms with E-state index < -0.39 is 231 Å². The van der Waals surface area contributed by atoms with Crippen LogP contribution in [0, 0.1) is 0 Å². The number of rotatable bonds is 14. The SMILES string of the molecule is O=P(O)(O)CCCCCCO[C@@H]1[C@@H](O)[C@H]2O[C@H]3[C@H](O)[C@@H](O)[C@@H](O[C@H]4[C@H](O)[C@@H](O)[C@@H](O[C@H]5[C@H](O)[C@@H](O)[C@@H](O[C@H]6[C@H](O)[C@@H](O)[C@@H](O[C@H]7[C@H](O)[C@@H](O)[C@@H](O[C@H]1[C@@H](CO)O2)O[C@@H]7CO)O[C@@H]6CO)O[C@@H]5CO)O[C@@H]4CO)O[C@@H]3CO. The van der Waals surface area contributed by atoms with E-state index >= 15 is 0 Å². The minimum atomic E-state index is -4.27. The summed E-state index contributed by atoms with van der Waals surface area (Å²) in [6.07, 6.45) is -57.6. The Morgan fingerprint density at radius 2 is 0.539 bits per heavy atom. The lowest BCUT2D eigenvalue weighted by Gasteiger charge is -2.51. The first kappa shape index (κ1) is 62.5. The largest absolute Gasteiger partial charge is 0.394 e. The third kappa shape index (κ3) is 13.7. The molecule has 0 saturated carbocycles. The molecule has 0 aromatic heterocycles.